The number of hydrogen-bond acceptors (Lipinski definition) is 6. The molecule has 2 aromatic carbocycles. The van der Waals surface area contributed by atoms with E-state index in [0.29, 0.717) is 10.6 Å². The first-order chi connectivity index (χ1) is 13.9. The first-order valence-electron chi connectivity index (χ1n) is 8.48. The van der Waals surface area contributed by atoms with Crippen molar-refractivity contribution in [2.75, 3.05) is 14.2 Å². The average molecular weight is 435 g/mol. The van der Waals surface area contributed by atoms with Crippen LogP contribution in [0, 0.1) is 5.82 Å². The van der Waals surface area contributed by atoms with E-state index in [1.807, 2.05) is 0 Å². The van der Waals surface area contributed by atoms with Crippen molar-refractivity contribution in [2.24, 2.45) is 0 Å². The fourth-order valence-electron chi connectivity index (χ4n) is 2.65. The van der Waals surface area contributed by atoms with Crippen LogP contribution in [-0.2, 0) is 21.2 Å². The predicted octanol–water partition coefficient (Wildman–Crippen LogP) is 4.25. The van der Waals surface area contributed by atoms with E-state index >= 15 is 0 Å². The average Bonchev–Trinajstić information content (AvgIpc) is 3.17. The summed E-state index contributed by atoms with van der Waals surface area (Å²) in [6.45, 7) is -0.139. The zero-order valence-electron chi connectivity index (χ0n) is 15.6. The van der Waals surface area contributed by atoms with Gasteiger partial charge in [0, 0.05) is 23.1 Å². The Labute approximate surface area is 171 Å². The predicted molar refractivity (Wildman–Crippen MR) is 107 cm³/mol. The van der Waals surface area contributed by atoms with Crippen LogP contribution in [0.25, 0.3) is 11.1 Å². The summed E-state index contributed by atoms with van der Waals surface area (Å²) in [4.78, 5) is 11.9. The number of hydrogen-bond donors (Lipinski definition) is 1. The van der Waals surface area contributed by atoms with E-state index in [9.17, 15) is 17.6 Å². The molecule has 0 bridgehead atoms. The summed E-state index contributed by atoms with van der Waals surface area (Å²) in [5.41, 5.74) is 0.364. The van der Waals surface area contributed by atoms with Gasteiger partial charge in [0.1, 0.15) is 22.4 Å². The lowest BCUT2D eigenvalue weighted by Gasteiger charge is -2.08. The number of benzene rings is 2. The maximum Gasteiger partial charge on any atom is 0.407 e. The second kappa shape index (κ2) is 8.62. The highest BCUT2D eigenvalue weighted by molar-refractivity contribution is 7.93. The Balaban J connectivity index is 2.14. The van der Waals surface area contributed by atoms with E-state index in [0.717, 1.165) is 11.3 Å². The zero-order valence-corrected chi connectivity index (χ0v) is 17.3. The summed E-state index contributed by atoms with van der Waals surface area (Å²) >= 11 is 0.930. The van der Waals surface area contributed by atoms with Gasteiger partial charge in [-0.25, -0.2) is 17.6 Å². The molecular weight excluding hydrogens is 417 g/mol. The number of rotatable bonds is 6. The Morgan fingerprint density at radius 2 is 1.86 bits per heavy atom. The Morgan fingerprint density at radius 3 is 2.55 bits per heavy atom. The highest BCUT2D eigenvalue weighted by Crippen LogP contribution is 2.40. The van der Waals surface area contributed by atoms with E-state index in [-0.39, 0.29) is 26.8 Å². The van der Waals surface area contributed by atoms with Crippen molar-refractivity contribution < 1.29 is 27.1 Å². The van der Waals surface area contributed by atoms with Crippen molar-refractivity contribution in [3.8, 4) is 16.9 Å². The Bertz CT molecular complexity index is 1140. The van der Waals surface area contributed by atoms with Gasteiger partial charge in [0.05, 0.1) is 12.0 Å². The van der Waals surface area contributed by atoms with Crippen LogP contribution in [-0.4, -0.2) is 28.7 Å². The van der Waals surface area contributed by atoms with E-state index in [4.69, 9.17) is 9.47 Å². The van der Waals surface area contributed by atoms with Gasteiger partial charge in [-0.2, -0.15) is 0 Å². The van der Waals surface area contributed by atoms with Gasteiger partial charge in [-0.15, -0.1) is 11.3 Å². The number of ether oxygens (including phenoxy) is 2. The van der Waals surface area contributed by atoms with Crippen LogP contribution in [0.4, 0.5) is 9.18 Å². The number of alkyl carbamates (subject to hydrolysis) is 1. The van der Waals surface area contributed by atoms with Crippen LogP contribution in [0.15, 0.2) is 63.7 Å². The number of thiophene rings is 1. The molecule has 6 nitrogen and oxygen atoms in total. The van der Waals surface area contributed by atoms with Crippen LogP contribution >= 0.6 is 11.3 Å². The first kappa shape index (κ1) is 20.8. The third kappa shape index (κ3) is 4.41. The highest BCUT2D eigenvalue weighted by atomic mass is 32.2. The molecule has 3 aromatic rings. The van der Waals surface area contributed by atoms with Gasteiger partial charge in [0.2, 0.25) is 9.84 Å². The molecule has 1 aromatic heterocycles. The molecule has 0 saturated carbocycles. The summed E-state index contributed by atoms with van der Waals surface area (Å²) in [7, 11) is -1.12. The molecule has 9 heteroatoms. The summed E-state index contributed by atoms with van der Waals surface area (Å²) in [5, 5.41) is 2.32. The van der Waals surface area contributed by atoms with Crippen LogP contribution in [0.1, 0.15) is 4.88 Å². The number of halogens is 1. The lowest BCUT2D eigenvalue weighted by Crippen LogP contribution is -2.18. The smallest absolute Gasteiger partial charge is 0.407 e. The standard InChI is InChI=1S/C20H18FNO5S2/c1-22-20(23)27-12-14-11-17(16-8-3-4-9-18(16)21)19(28-14)29(24,25)15-7-5-6-13(10-15)26-2/h3-11H,12H2,1-2H3,(H,22,23). The molecule has 152 valence electrons. The van der Waals surface area contributed by atoms with Gasteiger partial charge in [0.25, 0.3) is 0 Å². The lowest BCUT2D eigenvalue weighted by atomic mass is 10.1. The van der Waals surface area contributed by atoms with Crippen molar-refractivity contribution in [3.05, 3.63) is 65.3 Å². The van der Waals surface area contributed by atoms with Gasteiger partial charge in [-0.3, -0.25) is 0 Å². The van der Waals surface area contributed by atoms with Crippen LogP contribution in [0.3, 0.4) is 0 Å². The van der Waals surface area contributed by atoms with Crippen molar-refractivity contribution in [1.29, 1.82) is 0 Å². The quantitative estimate of drug-likeness (QED) is 0.626. The molecule has 0 unspecified atom stereocenters. The van der Waals surface area contributed by atoms with E-state index in [1.165, 1.54) is 50.6 Å². The molecule has 29 heavy (non-hydrogen) atoms. The van der Waals surface area contributed by atoms with Crippen molar-refractivity contribution in [1.82, 2.24) is 5.32 Å². The van der Waals surface area contributed by atoms with Crippen molar-refractivity contribution in [2.45, 2.75) is 15.7 Å². The second-order valence-electron chi connectivity index (χ2n) is 5.90. The number of methoxy groups -OCH3 is 1. The molecule has 0 aliphatic carbocycles. The van der Waals surface area contributed by atoms with Crippen LogP contribution in [0.2, 0.25) is 0 Å². The highest BCUT2D eigenvalue weighted by Gasteiger charge is 2.27. The van der Waals surface area contributed by atoms with Gasteiger partial charge in [-0.1, -0.05) is 24.3 Å². The van der Waals surface area contributed by atoms with Gasteiger partial charge < -0.3 is 14.8 Å². The molecule has 0 fully saturated rings. The number of nitrogens with one attached hydrogen (secondary N) is 1. The topological polar surface area (TPSA) is 81.7 Å². The minimum atomic E-state index is -3.97. The van der Waals surface area contributed by atoms with Gasteiger partial charge in [-0.05, 0) is 30.3 Å². The molecule has 1 heterocycles. The molecule has 0 atom stereocenters. The molecule has 1 amide bonds. The van der Waals surface area contributed by atoms with Crippen LogP contribution < -0.4 is 10.1 Å². The molecule has 0 spiro atoms. The number of carbonyl (C=O) groups excluding carboxylic acids is 1. The Kier molecular flexibility index (Phi) is 6.19. The normalized spacial score (nSPS) is 11.1. The zero-order chi connectivity index (χ0) is 21.0. The fourth-order valence-corrected chi connectivity index (χ4v) is 5.71. The number of amides is 1. The summed E-state index contributed by atoms with van der Waals surface area (Å²) < 4.78 is 51.2. The summed E-state index contributed by atoms with van der Waals surface area (Å²) in [5.74, 6) is -0.163. The minimum absolute atomic E-state index is 0.0232. The monoisotopic (exact) mass is 435 g/mol. The molecule has 0 radical (unpaired) electrons. The molecular formula is C20H18FNO5S2. The van der Waals surface area contributed by atoms with Crippen molar-refractivity contribution in [3.63, 3.8) is 0 Å². The van der Waals surface area contributed by atoms with E-state index in [1.54, 1.807) is 18.2 Å². The van der Waals surface area contributed by atoms with E-state index in [2.05, 4.69) is 5.32 Å². The molecule has 0 saturated heterocycles. The third-order valence-corrected chi connectivity index (χ3v) is 7.45. The molecule has 0 aliphatic rings. The second-order valence-corrected chi connectivity index (χ2v) is 9.18. The SMILES string of the molecule is CNC(=O)OCc1cc(-c2ccccc2F)c(S(=O)(=O)c2cccc(OC)c2)s1. The lowest BCUT2D eigenvalue weighted by molar-refractivity contribution is 0.143. The first-order valence-corrected chi connectivity index (χ1v) is 10.8. The summed E-state index contributed by atoms with van der Waals surface area (Å²) in [6, 6.07) is 13.5. The van der Waals surface area contributed by atoms with Crippen LogP contribution in [0.5, 0.6) is 5.75 Å². The minimum Gasteiger partial charge on any atom is -0.497 e. The van der Waals surface area contributed by atoms with Gasteiger partial charge in [0.15, 0.2) is 0 Å². The largest absolute Gasteiger partial charge is 0.497 e. The van der Waals surface area contributed by atoms with Gasteiger partial charge >= 0.3 is 6.09 Å². The molecule has 0 aliphatic heterocycles. The Morgan fingerprint density at radius 1 is 1.10 bits per heavy atom. The fraction of sp³-hybridized carbons (Fsp3) is 0.150. The van der Waals surface area contributed by atoms with Crippen molar-refractivity contribution >= 4 is 27.3 Å². The maximum absolute atomic E-state index is 14.4. The Hall–Kier alpha value is -2.91. The number of carbonyl (C=O) groups is 1. The summed E-state index contributed by atoms with van der Waals surface area (Å²) in [6.07, 6.45) is -0.650. The molecule has 3 rings (SSSR count). The van der Waals surface area contributed by atoms with E-state index < -0.39 is 21.7 Å². The third-order valence-electron chi connectivity index (χ3n) is 4.06. The number of sulfone groups is 1. The maximum atomic E-state index is 14.4. The molecule has 1 N–H and O–H groups in total.